The lowest BCUT2D eigenvalue weighted by Gasteiger charge is -2.15. The predicted octanol–water partition coefficient (Wildman–Crippen LogP) is -0.733. The molecule has 10 heteroatoms. The van der Waals surface area contributed by atoms with Gasteiger partial charge in [0.1, 0.15) is 18.5 Å². The number of aromatic amines is 1. The number of hydrogen-bond acceptors (Lipinski definition) is 7. The van der Waals surface area contributed by atoms with Gasteiger partial charge in [0.2, 0.25) is 5.95 Å². The summed E-state index contributed by atoms with van der Waals surface area (Å²) < 4.78 is 8.22. The molecule has 10 nitrogen and oxygen atoms in total. The van der Waals surface area contributed by atoms with Crippen LogP contribution in [0.15, 0.2) is 39.9 Å². The van der Waals surface area contributed by atoms with Crippen LogP contribution in [-0.2, 0) is 13.6 Å². The average Bonchev–Trinajstić information content (AvgIpc) is 3.02. The van der Waals surface area contributed by atoms with Crippen LogP contribution in [0.3, 0.4) is 0 Å². The Hall–Kier alpha value is -3.11. The molecule has 0 spiro atoms. The van der Waals surface area contributed by atoms with Gasteiger partial charge in [-0.15, -0.1) is 0 Å². The maximum Gasteiger partial charge on any atom is 0.329 e. The zero-order valence-electron chi connectivity index (χ0n) is 14.8. The quantitative estimate of drug-likeness (QED) is 0.408. The first-order chi connectivity index (χ1) is 13.0. The van der Waals surface area contributed by atoms with Gasteiger partial charge in [0.15, 0.2) is 11.2 Å². The van der Waals surface area contributed by atoms with Crippen molar-refractivity contribution in [3.05, 3.63) is 51.2 Å². The number of aliphatic hydroxyl groups is 2. The molecule has 2 heterocycles. The van der Waals surface area contributed by atoms with Gasteiger partial charge in [-0.2, -0.15) is 4.98 Å². The van der Waals surface area contributed by atoms with Crippen molar-refractivity contribution >= 4 is 17.1 Å². The number of fused-ring (bicyclic) bond motifs is 1. The summed E-state index contributed by atoms with van der Waals surface area (Å²) in [6.07, 6.45) is -0.936. The van der Waals surface area contributed by atoms with Crippen LogP contribution in [0, 0.1) is 0 Å². The second-order valence-electron chi connectivity index (χ2n) is 5.96. The number of aliphatic hydroxyl groups excluding tert-OH is 2. The van der Waals surface area contributed by atoms with Crippen LogP contribution in [0.25, 0.3) is 11.2 Å². The molecule has 0 fully saturated rings. The highest BCUT2D eigenvalue weighted by Gasteiger charge is 2.19. The van der Waals surface area contributed by atoms with Crippen LogP contribution < -0.4 is 21.3 Å². The molecule has 0 aliphatic heterocycles. The zero-order chi connectivity index (χ0) is 19.4. The largest absolute Gasteiger partial charge is 0.491 e. The third-order valence-corrected chi connectivity index (χ3v) is 3.98. The molecule has 0 saturated heterocycles. The maximum atomic E-state index is 12.3. The molecule has 4 N–H and O–H groups in total. The van der Waals surface area contributed by atoms with Crippen molar-refractivity contribution in [2.24, 2.45) is 7.05 Å². The highest BCUT2D eigenvalue weighted by atomic mass is 16.5. The molecule has 27 heavy (non-hydrogen) atoms. The minimum absolute atomic E-state index is 0.00674. The Morgan fingerprint density at radius 2 is 2.04 bits per heavy atom. The van der Waals surface area contributed by atoms with E-state index in [1.54, 1.807) is 12.1 Å². The summed E-state index contributed by atoms with van der Waals surface area (Å²) in [6, 6.07) is 9.04. The van der Waals surface area contributed by atoms with E-state index in [0.29, 0.717) is 5.75 Å². The van der Waals surface area contributed by atoms with Crippen molar-refractivity contribution < 1.29 is 14.9 Å². The van der Waals surface area contributed by atoms with Crippen LogP contribution >= 0.6 is 0 Å². The van der Waals surface area contributed by atoms with E-state index in [1.165, 1.54) is 16.2 Å². The van der Waals surface area contributed by atoms with Crippen molar-refractivity contribution in [2.45, 2.75) is 12.6 Å². The highest BCUT2D eigenvalue weighted by molar-refractivity contribution is 5.74. The summed E-state index contributed by atoms with van der Waals surface area (Å²) in [5.41, 5.74) is -0.857. The molecule has 3 aromatic rings. The molecule has 0 unspecified atom stereocenters. The zero-order valence-corrected chi connectivity index (χ0v) is 14.8. The van der Waals surface area contributed by atoms with E-state index < -0.39 is 17.4 Å². The number of anilines is 1. The van der Waals surface area contributed by atoms with Gasteiger partial charge in [0.05, 0.1) is 13.2 Å². The maximum absolute atomic E-state index is 12.3. The third kappa shape index (κ3) is 4.01. The van der Waals surface area contributed by atoms with Gasteiger partial charge in [-0.3, -0.25) is 14.3 Å². The van der Waals surface area contributed by atoms with Crippen molar-refractivity contribution in [2.75, 3.05) is 25.1 Å². The number of aromatic nitrogens is 4. The number of ether oxygens (including phenoxy) is 1. The van der Waals surface area contributed by atoms with Gasteiger partial charge in [0, 0.05) is 13.6 Å². The molecular formula is C17H21N5O5. The van der Waals surface area contributed by atoms with Crippen molar-refractivity contribution in [1.29, 1.82) is 0 Å². The van der Waals surface area contributed by atoms with E-state index in [1.807, 2.05) is 18.2 Å². The molecular weight excluding hydrogens is 354 g/mol. The van der Waals surface area contributed by atoms with E-state index in [-0.39, 0.29) is 43.4 Å². The number of para-hydroxylation sites is 1. The Morgan fingerprint density at radius 3 is 2.74 bits per heavy atom. The number of imidazole rings is 1. The standard InChI is InChI=1S/C17H21N5O5/c1-21-14-13(15(25)20-17(21)26)22(16(19-14)18-7-8-23)9-11(24)10-27-12-5-3-2-4-6-12/h2-6,11,23-24H,7-10H2,1H3,(H,18,19)(H,20,25,26)/t11-/m1/s1. The molecule has 3 rings (SSSR count). The number of rotatable bonds is 8. The van der Waals surface area contributed by atoms with E-state index in [0.717, 1.165) is 0 Å². The molecule has 0 saturated carbocycles. The van der Waals surface area contributed by atoms with Crippen LogP contribution in [0.2, 0.25) is 0 Å². The Bertz CT molecular complexity index is 1020. The SMILES string of the molecule is Cn1c(=O)[nH]c(=O)c2c1nc(NCCO)n2C[C@@H](O)COc1ccccc1. The number of nitrogens with one attached hydrogen (secondary N) is 2. The lowest BCUT2D eigenvalue weighted by atomic mass is 10.3. The number of H-pyrrole nitrogens is 1. The summed E-state index contributed by atoms with van der Waals surface area (Å²) in [6.45, 7) is 0.0785. The molecule has 0 aliphatic carbocycles. The molecule has 1 atom stereocenters. The molecule has 0 bridgehead atoms. The number of nitrogens with zero attached hydrogens (tertiary/aromatic N) is 3. The second-order valence-corrected chi connectivity index (χ2v) is 5.96. The normalized spacial score (nSPS) is 12.3. The summed E-state index contributed by atoms with van der Waals surface area (Å²) in [5.74, 6) is 0.885. The molecule has 2 aromatic heterocycles. The Balaban J connectivity index is 1.90. The monoisotopic (exact) mass is 375 g/mol. The number of hydrogen-bond donors (Lipinski definition) is 4. The Morgan fingerprint density at radius 1 is 1.30 bits per heavy atom. The highest BCUT2D eigenvalue weighted by Crippen LogP contribution is 2.16. The van der Waals surface area contributed by atoms with Crippen LogP contribution in [0.1, 0.15) is 0 Å². The third-order valence-electron chi connectivity index (χ3n) is 3.98. The fraction of sp³-hybridized carbons (Fsp3) is 0.353. The van der Waals surface area contributed by atoms with Crippen molar-refractivity contribution in [1.82, 2.24) is 19.1 Å². The van der Waals surface area contributed by atoms with Crippen molar-refractivity contribution in [3.63, 3.8) is 0 Å². The smallest absolute Gasteiger partial charge is 0.329 e. The fourth-order valence-corrected chi connectivity index (χ4v) is 2.69. The average molecular weight is 375 g/mol. The molecule has 1 aromatic carbocycles. The van der Waals surface area contributed by atoms with Gasteiger partial charge in [-0.25, -0.2) is 4.79 Å². The summed E-state index contributed by atoms with van der Waals surface area (Å²) >= 11 is 0. The molecule has 144 valence electrons. The van der Waals surface area contributed by atoms with Gasteiger partial charge >= 0.3 is 5.69 Å². The van der Waals surface area contributed by atoms with E-state index in [4.69, 9.17) is 9.84 Å². The van der Waals surface area contributed by atoms with Crippen molar-refractivity contribution in [3.8, 4) is 5.75 Å². The first-order valence-corrected chi connectivity index (χ1v) is 8.41. The Labute approximate surface area is 153 Å². The molecule has 0 radical (unpaired) electrons. The van der Waals surface area contributed by atoms with Crippen LogP contribution in [0.5, 0.6) is 5.75 Å². The summed E-state index contributed by atoms with van der Waals surface area (Å²) in [5, 5.41) is 22.3. The second kappa shape index (κ2) is 8.06. The summed E-state index contributed by atoms with van der Waals surface area (Å²) in [4.78, 5) is 30.6. The summed E-state index contributed by atoms with van der Waals surface area (Å²) in [7, 11) is 1.49. The van der Waals surface area contributed by atoms with E-state index >= 15 is 0 Å². The topological polar surface area (TPSA) is 134 Å². The Kier molecular flexibility index (Phi) is 5.57. The van der Waals surface area contributed by atoms with Crippen LogP contribution in [-0.4, -0.2) is 55.2 Å². The van der Waals surface area contributed by atoms with Gasteiger partial charge < -0.3 is 24.8 Å². The predicted molar refractivity (Wildman–Crippen MR) is 99.1 cm³/mol. The minimum Gasteiger partial charge on any atom is -0.491 e. The molecule has 0 aliphatic rings. The van der Waals surface area contributed by atoms with Gasteiger partial charge in [-0.05, 0) is 12.1 Å². The lowest BCUT2D eigenvalue weighted by Crippen LogP contribution is -2.31. The number of aryl methyl sites for hydroxylation is 1. The van der Waals surface area contributed by atoms with Gasteiger partial charge in [-0.1, -0.05) is 18.2 Å². The first-order valence-electron chi connectivity index (χ1n) is 8.41. The van der Waals surface area contributed by atoms with Gasteiger partial charge in [0.25, 0.3) is 5.56 Å². The van der Waals surface area contributed by atoms with E-state index in [2.05, 4.69) is 15.3 Å². The number of benzene rings is 1. The van der Waals surface area contributed by atoms with E-state index in [9.17, 15) is 14.7 Å². The molecule has 0 amide bonds. The van der Waals surface area contributed by atoms with Crippen LogP contribution in [0.4, 0.5) is 5.95 Å². The minimum atomic E-state index is -0.936. The fourth-order valence-electron chi connectivity index (χ4n) is 2.69. The first kappa shape index (κ1) is 18.7. The lowest BCUT2D eigenvalue weighted by molar-refractivity contribution is 0.0938.